The van der Waals surface area contributed by atoms with Crippen LogP contribution in [-0.2, 0) is 16.1 Å². The normalized spacial score (nSPS) is 14.9. The Kier molecular flexibility index (Phi) is 6.84. The van der Waals surface area contributed by atoms with Gasteiger partial charge in [0.1, 0.15) is 18.2 Å². The molecule has 0 aliphatic carbocycles. The Hall–Kier alpha value is -3.52. The van der Waals surface area contributed by atoms with Crippen LogP contribution in [0.3, 0.4) is 0 Å². The van der Waals surface area contributed by atoms with Gasteiger partial charge in [0.2, 0.25) is 0 Å². The molecule has 0 saturated heterocycles. The van der Waals surface area contributed by atoms with E-state index in [0.717, 1.165) is 16.9 Å². The minimum Gasteiger partial charge on any atom is -0.489 e. The zero-order chi connectivity index (χ0) is 23.4. The van der Waals surface area contributed by atoms with Crippen LogP contribution in [-0.4, -0.2) is 28.8 Å². The minimum atomic E-state index is -0.617. The molecule has 170 valence electrons. The first kappa shape index (κ1) is 22.7. The van der Waals surface area contributed by atoms with Crippen LogP contribution in [0.4, 0.5) is 5.82 Å². The predicted octanol–water partition coefficient (Wildman–Crippen LogP) is 4.47. The monoisotopic (exact) mass is 463 g/mol. The highest BCUT2D eigenvalue weighted by Crippen LogP contribution is 2.40. The highest BCUT2D eigenvalue weighted by atomic mass is 32.2. The lowest BCUT2D eigenvalue weighted by Gasteiger charge is -2.28. The van der Waals surface area contributed by atoms with Crippen molar-refractivity contribution in [2.45, 2.75) is 31.5 Å². The minimum absolute atomic E-state index is 0.285. The van der Waals surface area contributed by atoms with Crippen molar-refractivity contribution in [3.63, 3.8) is 0 Å². The van der Waals surface area contributed by atoms with Gasteiger partial charge < -0.3 is 19.8 Å². The molecule has 4 rings (SSSR count). The second kappa shape index (κ2) is 9.95. The number of ether oxygens (including phenoxy) is 2. The van der Waals surface area contributed by atoms with Crippen LogP contribution >= 0.6 is 11.8 Å². The number of anilines is 1. The van der Waals surface area contributed by atoms with Gasteiger partial charge in [-0.25, -0.2) is 9.78 Å². The van der Waals surface area contributed by atoms with Crippen molar-refractivity contribution in [1.82, 2.24) is 9.97 Å². The molecule has 33 heavy (non-hydrogen) atoms. The number of carbonyl (C=O) groups excluding carboxylic acids is 1. The number of hydrogen-bond acceptors (Lipinski definition) is 7. The molecule has 1 aromatic heterocycles. The lowest BCUT2D eigenvalue weighted by atomic mass is 9.82. The summed E-state index contributed by atoms with van der Waals surface area (Å²) in [6, 6.07) is 17.3. The van der Waals surface area contributed by atoms with Crippen molar-refractivity contribution < 1.29 is 14.3 Å². The van der Waals surface area contributed by atoms with Crippen LogP contribution in [0.5, 0.6) is 5.75 Å². The maximum absolute atomic E-state index is 13.1. The zero-order valence-corrected chi connectivity index (χ0v) is 19.5. The summed E-state index contributed by atoms with van der Waals surface area (Å²) in [6.07, 6.45) is 0. The van der Waals surface area contributed by atoms with E-state index in [-0.39, 0.29) is 5.56 Å². The van der Waals surface area contributed by atoms with Gasteiger partial charge in [0.05, 0.1) is 24.2 Å². The molecule has 0 radical (unpaired) electrons. The molecular formula is C25H25N3O4S. The average molecular weight is 464 g/mol. The van der Waals surface area contributed by atoms with E-state index >= 15 is 0 Å². The third kappa shape index (κ3) is 4.80. The Morgan fingerprint density at radius 1 is 1.12 bits per heavy atom. The molecule has 2 heterocycles. The van der Waals surface area contributed by atoms with Gasteiger partial charge in [-0.15, -0.1) is 0 Å². The number of rotatable bonds is 7. The molecule has 1 atom stereocenters. The Morgan fingerprint density at radius 3 is 2.52 bits per heavy atom. The van der Waals surface area contributed by atoms with Gasteiger partial charge in [-0.1, -0.05) is 61.2 Å². The molecule has 0 saturated carbocycles. The van der Waals surface area contributed by atoms with E-state index in [9.17, 15) is 9.59 Å². The number of benzene rings is 2. The van der Waals surface area contributed by atoms with Crippen LogP contribution < -0.4 is 15.6 Å². The molecule has 2 aromatic carbocycles. The number of fused-ring (bicyclic) bond motifs is 1. The fraction of sp³-hybridized carbons (Fsp3) is 0.240. The highest BCUT2D eigenvalue weighted by Gasteiger charge is 2.36. The van der Waals surface area contributed by atoms with Crippen molar-refractivity contribution in [2.75, 3.05) is 18.2 Å². The molecule has 3 aromatic rings. The van der Waals surface area contributed by atoms with Gasteiger partial charge in [-0.3, -0.25) is 4.79 Å². The fourth-order valence-electron chi connectivity index (χ4n) is 3.85. The number of hydrogen-bond donors (Lipinski definition) is 2. The largest absolute Gasteiger partial charge is 0.489 e. The third-order valence-corrected chi connectivity index (χ3v) is 6.12. The Balaban J connectivity index is 1.71. The van der Waals surface area contributed by atoms with Crippen LogP contribution in [0.2, 0.25) is 0 Å². The van der Waals surface area contributed by atoms with Crippen LogP contribution in [0, 0.1) is 0 Å². The number of nitrogens with zero attached hydrogens (tertiary/aromatic N) is 1. The predicted molar refractivity (Wildman–Crippen MR) is 129 cm³/mol. The molecule has 1 unspecified atom stereocenters. The van der Waals surface area contributed by atoms with E-state index < -0.39 is 11.9 Å². The molecule has 0 bridgehead atoms. The molecule has 0 fully saturated rings. The highest BCUT2D eigenvalue weighted by molar-refractivity contribution is 7.99. The van der Waals surface area contributed by atoms with Crippen LogP contribution in [0.1, 0.15) is 36.5 Å². The zero-order valence-electron chi connectivity index (χ0n) is 18.7. The first-order valence-corrected chi connectivity index (χ1v) is 11.6. The smallest absolute Gasteiger partial charge is 0.336 e. The number of methoxy groups -OCH3 is 1. The molecule has 7 nitrogen and oxygen atoms in total. The average Bonchev–Trinajstić information content (AvgIpc) is 2.82. The standard InChI is InChI=1S/C25H25N3O4S/c1-4-33-25-27-22-21(23(29)28-25)20(19(15(2)26-22)24(30)31-3)17-10-12-18(13-11-17)32-14-16-8-6-5-7-9-16/h5-13,20H,4,14H2,1-3H3,(H2,26,27,28,29). The van der Waals surface area contributed by atoms with Crippen molar-refractivity contribution in [2.24, 2.45) is 0 Å². The van der Waals surface area contributed by atoms with Gasteiger partial charge in [-0.05, 0) is 35.9 Å². The third-order valence-electron chi connectivity index (χ3n) is 5.37. The van der Waals surface area contributed by atoms with Gasteiger partial charge >= 0.3 is 5.97 Å². The van der Waals surface area contributed by atoms with Crippen LogP contribution in [0.25, 0.3) is 0 Å². The number of aromatic nitrogens is 2. The Labute approximate surface area is 196 Å². The molecule has 0 amide bonds. The lowest BCUT2D eigenvalue weighted by Crippen LogP contribution is -2.31. The second-order valence-electron chi connectivity index (χ2n) is 7.50. The van der Waals surface area contributed by atoms with E-state index in [4.69, 9.17) is 9.47 Å². The summed E-state index contributed by atoms with van der Waals surface area (Å²) in [4.78, 5) is 33.2. The van der Waals surface area contributed by atoms with Crippen molar-refractivity contribution in [1.29, 1.82) is 0 Å². The number of thioether (sulfide) groups is 1. The second-order valence-corrected chi connectivity index (χ2v) is 8.75. The first-order valence-electron chi connectivity index (χ1n) is 10.6. The van der Waals surface area contributed by atoms with Gasteiger partial charge in [0.15, 0.2) is 5.16 Å². The Morgan fingerprint density at radius 2 is 1.85 bits per heavy atom. The summed E-state index contributed by atoms with van der Waals surface area (Å²) in [5.74, 6) is 0.811. The number of carbonyl (C=O) groups is 1. The lowest BCUT2D eigenvalue weighted by molar-refractivity contribution is -0.136. The van der Waals surface area contributed by atoms with Gasteiger partial charge in [-0.2, -0.15) is 0 Å². The maximum atomic E-state index is 13.1. The topological polar surface area (TPSA) is 93.3 Å². The van der Waals surface area contributed by atoms with E-state index in [0.29, 0.717) is 40.2 Å². The van der Waals surface area contributed by atoms with Gasteiger partial charge in [0.25, 0.3) is 5.56 Å². The summed E-state index contributed by atoms with van der Waals surface area (Å²) < 4.78 is 10.9. The quantitative estimate of drug-likeness (QED) is 0.303. The summed E-state index contributed by atoms with van der Waals surface area (Å²) in [6.45, 7) is 4.22. The number of nitrogens with one attached hydrogen (secondary N) is 2. The molecule has 8 heteroatoms. The first-order chi connectivity index (χ1) is 16.0. The number of esters is 1. The molecule has 1 aliphatic rings. The molecular weight excluding hydrogens is 438 g/mol. The number of aromatic amines is 1. The SMILES string of the molecule is CCSc1nc2c(c(=O)[nH]1)C(c1ccc(OCc3ccccc3)cc1)C(C(=O)OC)=C(C)N2. The molecule has 1 aliphatic heterocycles. The number of H-pyrrole nitrogens is 1. The Bertz CT molecular complexity index is 1240. The summed E-state index contributed by atoms with van der Waals surface area (Å²) in [5, 5.41) is 3.66. The van der Waals surface area contributed by atoms with E-state index in [1.54, 1.807) is 6.92 Å². The van der Waals surface area contributed by atoms with Crippen molar-refractivity contribution >= 4 is 23.5 Å². The molecule has 0 spiro atoms. The van der Waals surface area contributed by atoms with E-state index in [1.807, 2.05) is 61.5 Å². The van der Waals surface area contributed by atoms with Crippen molar-refractivity contribution in [3.8, 4) is 5.75 Å². The van der Waals surface area contributed by atoms with Crippen molar-refractivity contribution in [3.05, 3.63) is 92.9 Å². The molecule has 2 N–H and O–H groups in total. The van der Waals surface area contributed by atoms with E-state index in [1.165, 1.54) is 18.9 Å². The summed E-state index contributed by atoms with van der Waals surface area (Å²) in [7, 11) is 1.33. The van der Waals surface area contributed by atoms with Gasteiger partial charge in [0, 0.05) is 5.70 Å². The summed E-state index contributed by atoms with van der Waals surface area (Å²) in [5.41, 5.74) is 2.93. The maximum Gasteiger partial charge on any atom is 0.336 e. The summed E-state index contributed by atoms with van der Waals surface area (Å²) >= 11 is 1.45. The fourth-order valence-corrected chi connectivity index (χ4v) is 4.44. The number of allylic oxidation sites excluding steroid dienone is 1. The van der Waals surface area contributed by atoms with Crippen LogP contribution in [0.15, 0.2) is 75.8 Å². The van der Waals surface area contributed by atoms with E-state index in [2.05, 4.69) is 15.3 Å².